The highest BCUT2D eigenvalue weighted by atomic mass is 32.2. The Morgan fingerprint density at radius 3 is 2.59 bits per heavy atom. The van der Waals surface area contributed by atoms with Crippen LogP contribution in [0.25, 0.3) is 0 Å². The molecule has 0 bridgehead atoms. The summed E-state index contributed by atoms with van der Waals surface area (Å²) in [6.45, 7) is 0.862. The first-order valence-corrected chi connectivity index (χ1v) is 6.18. The molecule has 0 aliphatic carbocycles. The zero-order valence-corrected chi connectivity index (χ0v) is 10.2. The number of Topliss-reactive ketones (excluding diaryl/α,β-unsaturated/α-hetero) is 1. The van der Waals surface area contributed by atoms with Crippen molar-refractivity contribution in [2.75, 3.05) is 13.7 Å². The maximum atomic E-state index is 13.5. The van der Waals surface area contributed by atoms with E-state index in [1.807, 2.05) is 4.72 Å². The first-order chi connectivity index (χ1) is 7.86. The van der Waals surface area contributed by atoms with Gasteiger partial charge in [-0.3, -0.25) is 4.79 Å². The normalized spacial score (nSPS) is 11.2. The minimum atomic E-state index is -4.01. The van der Waals surface area contributed by atoms with Gasteiger partial charge in [-0.15, -0.1) is 0 Å². The summed E-state index contributed by atoms with van der Waals surface area (Å²) in [5, 5.41) is 0. The predicted molar refractivity (Wildman–Crippen MR) is 58.8 cm³/mol. The lowest BCUT2D eigenvalue weighted by molar-refractivity contribution is -0.115. The number of methoxy groups -OCH3 is 1. The number of ketones is 1. The van der Waals surface area contributed by atoms with Gasteiger partial charge >= 0.3 is 0 Å². The van der Waals surface area contributed by atoms with E-state index < -0.39 is 20.7 Å². The van der Waals surface area contributed by atoms with Crippen LogP contribution in [-0.2, 0) is 14.8 Å². The smallest absolute Gasteiger partial charge is 0.243 e. The Hall–Kier alpha value is -1.47. The number of hydrogen-bond donors (Lipinski definition) is 1. The molecule has 1 aromatic rings. The lowest BCUT2D eigenvalue weighted by Crippen LogP contribution is -2.29. The average Bonchev–Trinajstić information content (AvgIpc) is 2.26. The fraction of sp³-hybridized carbons (Fsp3) is 0.300. The molecule has 17 heavy (non-hydrogen) atoms. The molecule has 94 valence electrons. The first kappa shape index (κ1) is 13.6. The van der Waals surface area contributed by atoms with Crippen molar-refractivity contribution in [3.63, 3.8) is 0 Å². The standard InChI is InChI=1S/C10H12FNO4S/c1-7(13)6-12-17(14,15)10-4-3-8(16-2)5-9(10)11/h3-5,12H,6H2,1-2H3. The first-order valence-electron chi connectivity index (χ1n) is 4.69. The Balaban J connectivity index is 3.03. The molecule has 0 saturated carbocycles. The number of halogens is 1. The van der Waals surface area contributed by atoms with Gasteiger partial charge < -0.3 is 4.74 Å². The summed E-state index contributed by atoms with van der Waals surface area (Å²) in [6.07, 6.45) is 0. The molecule has 1 aromatic carbocycles. The molecule has 5 nitrogen and oxygen atoms in total. The van der Waals surface area contributed by atoms with Crippen LogP contribution in [0.1, 0.15) is 6.92 Å². The second kappa shape index (κ2) is 5.24. The summed E-state index contributed by atoms with van der Waals surface area (Å²) in [6, 6.07) is 3.37. The molecule has 0 atom stereocenters. The number of carbonyl (C=O) groups excluding carboxylic acids is 1. The number of nitrogens with one attached hydrogen (secondary N) is 1. The van der Waals surface area contributed by atoms with Crippen molar-refractivity contribution >= 4 is 15.8 Å². The molecule has 0 heterocycles. The van der Waals surface area contributed by atoms with Gasteiger partial charge in [0.1, 0.15) is 22.2 Å². The van der Waals surface area contributed by atoms with E-state index in [4.69, 9.17) is 4.74 Å². The fourth-order valence-electron chi connectivity index (χ4n) is 1.10. The number of sulfonamides is 1. The van der Waals surface area contributed by atoms with E-state index in [1.54, 1.807) is 0 Å². The lowest BCUT2D eigenvalue weighted by Gasteiger charge is -2.07. The lowest BCUT2D eigenvalue weighted by atomic mass is 10.3. The number of rotatable bonds is 5. The van der Waals surface area contributed by atoms with Gasteiger partial charge in [-0.2, -0.15) is 0 Å². The SMILES string of the molecule is COc1ccc(S(=O)(=O)NCC(C)=O)c(F)c1. The molecule has 0 amide bonds. The molecular weight excluding hydrogens is 249 g/mol. The van der Waals surface area contributed by atoms with E-state index in [1.165, 1.54) is 20.1 Å². The number of carbonyl (C=O) groups is 1. The van der Waals surface area contributed by atoms with Crippen molar-refractivity contribution in [1.82, 2.24) is 4.72 Å². The zero-order valence-electron chi connectivity index (χ0n) is 9.36. The molecule has 1 N–H and O–H groups in total. The van der Waals surface area contributed by atoms with Crippen LogP contribution in [0, 0.1) is 5.82 Å². The van der Waals surface area contributed by atoms with Gasteiger partial charge in [-0.05, 0) is 19.1 Å². The van der Waals surface area contributed by atoms with E-state index in [0.29, 0.717) is 0 Å². The Morgan fingerprint density at radius 1 is 1.47 bits per heavy atom. The van der Waals surface area contributed by atoms with Crippen LogP contribution in [0.4, 0.5) is 4.39 Å². The fourth-order valence-corrected chi connectivity index (χ4v) is 2.21. The summed E-state index contributed by atoms with van der Waals surface area (Å²) >= 11 is 0. The Kier molecular flexibility index (Phi) is 4.19. The molecule has 1 rings (SSSR count). The molecule has 7 heteroatoms. The summed E-state index contributed by atoms with van der Waals surface area (Å²) in [5.74, 6) is -1.07. The summed E-state index contributed by atoms with van der Waals surface area (Å²) in [7, 11) is -2.67. The maximum absolute atomic E-state index is 13.5. The van der Waals surface area contributed by atoms with Crippen molar-refractivity contribution in [2.45, 2.75) is 11.8 Å². The molecule has 0 saturated heterocycles. The third-order valence-corrected chi connectivity index (χ3v) is 3.37. The van der Waals surface area contributed by atoms with Crippen LogP contribution in [0.5, 0.6) is 5.75 Å². The third-order valence-electron chi connectivity index (χ3n) is 1.94. The molecular formula is C10H12FNO4S. The molecule has 0 radical (unpaired) electrons. The van der Waals surface area contributed by atoms with Crippen LogP contribution in [0.15, 0.2) is 23.1 Å². The predicted octanol–water partition coefficient (Wildman–Crippen LogP) is 0.702. The third kappa shape index (κ3) is 3.50. The minimum Gasteiger partial charge on any atom is -0.497 e. The average molecular weight is 261 g/mol. The molecule has 0 aromatic heterocycles. The van der Waals surface area contributed by atoms with E-state index in [2.05, 4.69) is 0 Å². The van der Waals surface area contributed by atoms with Crippen molar-refractivity contribution in [3.8, 4) is 5.75 Å². The van der Waals surface area contributed by atoms with Gasteiger partial charge in [0.15, 0.2) is 0 Å². The highest BCUT2D eigenvalue weighted by Gasteiger charge is 2.19. The quantitative estimate of drug-likeness (QED) is 0.847. The highest BCUT2D eigenvalue weighted by molar-refractivity contribution is 7.89. The van der Waals surface area contributed by atoms with Crippen LogP contribution in [0.2, 0.25) is 0 Å². The summed E-state index contributed by atoms with van der Waals surface area (Å²) in [4.78, 5) is 10.2. The number of ether oxygens (including phenoxy) is 1. The molecule has 0 unspecified atom stereocenters. The number of hydrogen-bond acceptors (Lipinski definition) is 4. The molecule has 0 spiro atoms. The van der Waals surface area contributed by atoms with E-state index in [9.17, 15) is 17.6 Å². The van der Waals surface area contributed by atoms with Crippen LogP contribution >= 0.6 is 0 Å². The largest absolute Gasteiger partial charge is 0.497 e. The van der Waals surface area contributed by atoms with E-state index in [0.717, 1.165) is 12.1 Å². The van der Waals surface area contributed by atoms with Crippen LogP contribution < -0.4 is 9.46 Å². The van der Waals surface area contributed by atoms with E-state index >= 15 is 0 Å². The van der Waals surface area contributed by atoms with E-state index in [-0.39, 0.29) is 18.1 Å². The van der Waals surface area contributed by atoms with Crippen LogP contribution in [0.3, 0.4) is 0 Å². The Morgan fingerprint density at radius 2 is 2.12 bits per heavy atom. The highest BCUT2D eigenvalue weighted by Crippen LogP contribution is 2.19. The Labute approximate surface area is 98.6 Å². The van der Waals surface area contributed by atoms with Crippen LogP contribution in [-0.4, -0.2) is 27.9 Å². The number of benzene rings is 1. The van der Waals surface area contributed by atoms with Gasteiger partial charge in [0.05, 0.1) is 13.7 Å². The van der Waals surface area contributed by atoms with Crippen molar-refractivity contribution < 1.29 is 22.3 Å². The maximum Gasteiger partial charge on any atom is 0.243 e. The summed E-state index contributed by atoms with van der Waals surface area (Å²) in [5.41, 5.74) is 0. The van der Waals surface area contributed by atoms with Gasteiger partial charge in [-0.1, -0.05) is 0 Å². The van der Waals surface area contributed by atoms with Crippen molar-refractivity contribution in [3.05, 3.63) is 24.0 Å². The minimum absolute atomic E-state index is 0.216. The van der Waals surface area contributed by atoms with Crippen molar-refractivity contribution in [1.29, 1.82) is 0 Å². The second-order valence-electron chi connectivity index (χ2n) is 3.32. The van der Waals surface area contributed by atoms with Gasteiger partial charge in [-0.25, -0.2) is 17.5 Å². The molecule has 0 fully saturated rings. The zero-order chi connectivity index (χ0) is 13.1. The summed E-state index contributed by atoms with van der Waals surface area (Å²) < 4.78 is 43.4. The van der Waals surface area contributed by atoms with Gasteiger partial charge in [0, 0.05) is 6.07 Å². The van der Waals surface area contributed by atoms with Crippen molar-refractivity contribution in [2.24, 2.45) is 0 Å². The Bertz CT molecular complexity index is 527. The topological polar surface area (TPSA) is 72.5 Å². The monoisotopic (exact) mass is 261 g/mol. The van der Waals surface area contributed by atoms with Gasteiger partial charge in [0.2, 0.25) is 10.0 Å². The molecule has 0 aliphatic rings. The molecule has 0 aliphatic heterocycles. The van der Waals surface area contributed by atoms with Gasteiger partial charge in [0.25, 0.3) is 0 Å². The second-order valence-corrected chi connectivity index (χ2v) is 5.06.